The molecular formula is C16H11NO2. The summed E-state index contributed by atoms with van der Waals surface area (Å²) in [6, 6.07) is 15.8. The van der Waals surface area contributed by atoms with Gasteiger partial charge in [0.2, 0.25) is 5.72 Å². The fourth-order valence-corrected chi connectivity index (χ4v) is 2.38. The molecule has 0 fully saturated rings. The van der Waals surface area contributed by atoms with Crippen molar-refractivity contribution in [3.05, 3.63) is 65.7 Å². The number of amides is 1. The van der Waals surface area contributed by atoms with E-state index in [0.29, 0.717) is 16.8 Å². The number of rotatable bonds is 1. The molecule has 1 N–H and O–H groups in total. The largest absolute Gasteiger partial charge is 0.357 e. The van der Waals surface area contributed by atoms with E-state index in [1.165, 1.54) is 4.90 Å². The third-order valence-electron chi connectivity index (χ3n) is 3.28. The lowest BCUT2D eigenvalue weighted by Gasteiger charge is -2.29. The first-order valence-corrected chi connectivity index (χ1v) is 5.88. The van der Waals surface area contributed by atoms with Gasteiger partial charge in [-0.1, -0.05) is 36.4 Å². The maximum atomic E-state index is 12.4. The number of nitrogens with zero attached hydrogens (tertiary/aromatic N) is 1. The molecule has 19 heavy (non-hydrogen) atoms. The number of terminal acetylenes is 1. The highest BCUT2D eigenvalue weighted by Crippen LogP contribution is 2.39. The minimum Gasteiger partial charge on any atom is -0.357 e. The van der Waals surface area contributed by atoms with Crippen LogP contribution in [0.1, 0.15) is 15.9 Å². The third-order valence-corrected chi connectivity index (χ3v) is 3.28. The molecule has 92 valence electrons. The maximum Gasteiger partial charge on any atom is 0.262 e. The molecule has 2 aromatic rings. The van der Waals surface area contributed by atoms with E-state index in [4.69, 9.17) is 6.42 Å². The van der Waals surface area contributed by atoms with Crippen molar-refractivity contribution < 1.29 is 9.90 Å². The van der Waals surface area contributed by atoms with Crippen LogP contribution in [0.15, 0.2) is 54.6 Å². The number of hydrogen-bond donors (Lipinski definition) is 1. The smallest absolute Gasteiger partial charge is 0.262 e. The minimum atomic E-state index is -1.73. The highest BCUT2D eigenvalue weighted by atomic mass is 16.3. The summed E-state index contributed by atoms with van der Waals surface area (Å²) in [5.74, 6) is 2.05. The van der Waals surface area contributed by atoms with E-state index in [1.807, 2.05) is 6.07 Å². The van der Waals surface area contributed by atoms with Crippen LogP contribution in [0, 0.1) is 12.3 Å². The van der Waals surface area contributed by atoms with E-state index in [1.54, 1.807) is 48.5 Å². The van der Waals surface area contributed by atoms with Crippen molar-refractivity contribution >= 4 is 11.6 Å². The average molecular weight is 249 g/mol. The van der Waals surface area contributed by atoms with E-state index < -0.39 is 5.72 Å². The number of carbonyl (C=O) groups excluding carboxylic acids is 1. The predicted octanol–water partition coefficient (Wildman–Crippen LogP) is 2.13. The second-order valence-electron chi connectivity index (χ2n) is 4.34. The summed E-state index contributed by atoms with van der Waals surface area (Å²) in [6.07, 6.45) is 5.48. The third kappa shape index (κ3) is 1.48. The van der Waals surface area contributed by atoms with Crippen molar-refractivity contribution in [2.45, 2.75) is 5.72 Å². The van der Waals surface area contributed by atoms with Gasteiger partial charge < -0.3 is 5.11 Å². The molecule has 1 amide bonds. The van der Waals surface area contributed by atoms with Crippen molar-refractivity contribution in [3.63, 3.8) is 0 Å². The SMILES string of the molecule is C#CC1(O)c2ccccc2C(=O)N1c1ccccc1. The monoisotopic (exact) mass is 249 g/mol. The number of aliphatic hydroxyl groups is 1. The number of carbonyl (C=O) groups is 1. The van der Waals surface area contributed by atoms with Crippen molar-refractivity contribution in [2.24, 2.45) is 0 Å². The zero-order valence-corrected chi connectivity index (χ0v) is 10.1. The second kappa shape index (κ2) is 3.98. The van der Waals surface area contributed by atoms with Gasteiger partial charge in [0.25, 0.3) is 5.91 Å². The number of para-hydroxylation sites is 1. The van der Waals surface area contributed by atoms with E-state index in [0.717, 1.165) is 0 Å². The van der Waals surface area contributed by atoms with Crippen molar-refractivity contribution in [1.82, 2.24) is 0 Å². The Labute approximate surface area is 111 Å². The molecule has 0 aliphatic carbocycles. The predicted molar refractivity (Wildman–Crippen MR) is 72.4 cm³/mol. The molecule has 1 aliphatic heterocycles. The Balaban J connectivity index is 2.24. The number of hydrogen-bond acceptors (Lipinski definition) is 2. The van der Waals surface area contributed by atoms with Gasteiger partial charge >= 0.3 is 0 Å². The normalized spacial score (nSPS) is 21.1. The molecule has 2 aromatic carbocycles. The second-order valence-corrected chi connectivity index (χ2v) is 4.34. The Morgan fingerprint density at radius 1 is 1.05 bits per heavy atom. The van der Waals surface area contributed by atoms with Crippen LogP contribution >= 0.6 is 0 Å². The molecule has 0 saturated heterocycles. The first-order valence-electron chi connectivity index (χ1n) is 5.88. The maximum absolute atomic E-state index is 12.4. The minimum absolute atomic E-state index is 0.290. The molecule has 1 atom stereocenters. The molecule has 0 spiro atoms. The van der Waals surface area contributed by atoms with E-state index in [-0.39, 0.29) is 5.91 Å². The van der Waals surface area contributed by atoms with Gasteiger partial charge in [0, 0.05) is 16.8 Å². The van der Waals surface area contributed by atoms with Crippen LogP contribution in [0.4, 0.5) is 5.69 Å². The first kappa shape index (κ1) is 11.5. The molecule has 1 heterocycles. The highest BCUT2D eigenvalue weighted by molar-refractivity contribution is 6.12. The summed E-state index contributed by atoms with van der Waals surface area (Å²) in [7, 11) is 0. The Hall–Kier alpha value is -2.57. The van der Waals surface area contributed by atoms with E-state index in [9.17, 15) is 9.90 Å². The molecule has 3 nitrogen and oxygen atoms in total. The molecule has 3 rings (SSSR count). The zero-order chi connectivity index (χ0) is 13.5. The van der Waals surface area contributed by atoms with Gasteiger partial charge in [-0.3, -0.25) is 9.69 Å². The van der Waals surface area contributed by atoms with Crippen LogP contribution in [0.5, 0.6) is 0 Å². The van der Waals surface area contributed by atoms with E-state index >= 15 is 0 Å². The Morgan fingerprint density at radius 2 is 1.68 bits per heavy atom. The van der Waals surface area contributed by atoms with Crippen LogP contribution in [0.25, 0.3) is 0 Å². The molecule has 0 aromatic heterocycles. The summed E-state index contributed by atoms with van der Waals surface area (Å²) in [4.78, 5) is 13.7. The van der Waals surface area contributed by atoms with Gasteiger partial charge in [-0.2, -0.15) is 0 Å². The molecule has 0 radical (unpaired) electrons. The average Bonchev–Trinajstić information content (AvgIpc) is 2.70. The van der Waals surface area contributed by atoms with Crippen molar-refractivity contribution in [1.29, 1.82) is 0 Å². The lowest BCUT2D eigenvalue weighted by atomic mass is 10.0. The molecular weight excluding hydrogens is 238 g/mol. The van der Waals surface area contributed by atoms with Crippen molar-refractivity contribution in [2.75, 3.05) is 4.90 Å². The standard InChI is InChI=1S/C16H11NO2/c1-2-16(19)14-11-7-6-10-13(14)15(18)17(16)12-8-4-3-5-9-12/h1,3-11,19H. The van der Waals surface area contributed by atoms with Gasteiger partial charge in [-0.05, 0) is 24.1 Å². The zero-order valence-electron chi connectivity index (χ0n) is 10.1. The quantitative estimate of drug-likeness (QED) is 0.786. The summed E-state index contributed by atoms with van der Waals surface area (Å²) in [5, 5.41) is 10.7. The van der Waals surface area contributed by atoms with Crippen LogP contribution < -0.4 is 4.90 Å². The first-order chi connectivity index (χ1) is 9.18. The van der Waals surface area contributed by atoms with Crippen LogP contribution in [0.3, 0.4) is 0 Å². The molecule has 3 heteroatoms. The molecule has 1 unspecified atom stereocenters. The van der Waals surface area contributed by atoms with E-state index in [2.05, 4.69) is 5.92 Å². The Morgan fingerprint density at radius 3 is 2.37 bits per heavy atom. The molecule has 0 saturated carbocycles. The summed E-state index contributed by atoms with van der Waals surface area (Å²) >= 11 is 0. The highest BCUT2D eigenvalue weighted by Gasteiger charge is 2.48. The lowest BCUT2D eigenvalue weighted by Crippen LogP contribution is -2.42. The van der Waals surface area contributed by atoms with Gasteiger partial charge in [0.15, 0.2) is 0 Å². The molecule has 0 bridgehead atoms. The summed E-state index contributed by atoms with van der Waals surface area (Å²) in [5.41, 5.74) is -0.267. The van der Waals surface area contributed by atoms with Gasteiger partial charge in [-0.15, -0.1) is 6.42 Å². The Kier molecular flexibility index (Phi) is 2.41. The Bertz CT molecular complexity index is 687. The number of anilines is 1. The summed E-state index contributed by atoms with van der Waals surface area (Å²) < 4.78 is 0. The van der Waals surface area contributed by atoms with Gasteiger partial charge in [0.1, 0.15) is 0 Å². The fraction of sp³-hybridized carbons (Fsp3) is 0.0625. The van der Waals surface area contributed by atoms with Gasteiger partial charge in [0.05, 0.1) is 0 Å². The van der Waals surface area contributed by atoms with Crippen LogP contribution in [-0.4, -0.2) is 11.0 Å². The van der Waals surface area contributed by atoms with Gasteiger partial charge in [-0.25, -0.2) is 0 Å². The van der Waals surface area contributed by atoms with Crippen LogP contribution in [0.2, 0.25) is 0 Å². The lowest BCUT2D eigenvalue weighted by molar-refractivity contribution is 0.0793. The van der Waals surface area contributed by atoms with Crippen molar-refractivity contribution in [3.8, 4) is 12.3 Å². The number of benzene rings is 2. The summed E-state index contributed by atoms with van der Waals surface area (Å²) in [6.45, 7) is 0. The van der Waals surface area contributed by atoms with Crippen LogP contribution in [-0.2, 0) is 5.72 Å². The number of fused-ring (bicyclic) bond motifs is 1. The topological polar surface area (TPSA) is 40.5 Å². The fourth-order valence-electron chi connectivity index (χ4n) is 2.38. The molecule has 1 aliphatic rings.